The quantitative estimate of drug-likeness (QED) is 0.711. The van der Waals surface area contributed by atoms with Gasteiger partial charge in [-0.2, -0.15) is 0 Å². The van der Waals surface area contributed by atoms with E-state index in [0.717, 1.165) is 26.2 Å². The summed E-state index contributed by atoms with van der Waals surface area (Å²) in [6.45, 7) is 15.9. The first-order valence-corrected chi connectivity index (χ1v) is 8.17. The summed E-state index contributed by atoms with van der Waals surface area (Å²) in [5.74, 6) is 1.12. The van der Waals surface area contributed by atoms with Crippen LogP contribution in [0.1, 0.15) is 58.1 Å². The summed E-state index contributed by atoms with van der Waals surface area (Å²) in [7, 11) is 0. The Hall–Kier alpha value is -0.860. The number of benzene rings is 1. The summed E-state index contributed by atoms with van der Waals surface area (Å²) < 4.78 is 5.77. The molecule has 1 aromatic rings. The number of hydrogen-bond donors (Lipinski definition) is 1. The minimum absolute atomic E-state index is 0.155. The van der Waals surface area contributed by atoms with Gasteiger partial charge in [0.15, 0.2) is 0 Å². The largest absolute Gasteiger partial charge is 0.381 e. The zero-order chi connectivity index (χ0) is 15.9. The Bertz CT molecular complexity index is 389. The van der Waals surface area contributed by atoms with Crippen molar-refractivity contribution in [2.24, 2.45) is 5.92 Å². The Morgan fingerprint density at radius 2 is 1.71 bits per heavy atom. The van der Waals surface area contributed by atoms with Gasteiger partial charge >= 0.3 is 0 Å². The third-order valence-electron chi connectivity index (χ3n) is 3.49. The molecule has 0 spiro atoms. The molecule has 0 saturated heterocycles. The van der Waals surface area contributed by atoms with Gasteiger partial charge in [-0.05, 0) is 51.5 Å². The number of aryl methyl sites for hydroxylation is 1. The van der Waals surface area contributed by atoms with Crippen LogP contribution in [0.2, 0.25) is 0 Å². The van der Waals surface area contributed by atoms with Crippen molar-refractivity contribution in [1.29, 1.82) is 0 Å². The Morgan fingerprint density at radius 1 is 1.10 bits per heavy atom. The van der Waals surface area contributed by atoms with Gasteiger partial charge in [0.25, 0.3) is 0 Å². The maximum absolute atomic E-state index is 5.77. The van der Waals surface area contributed by atoms with Crippen molar-refractivity contribution in [3.63, 3.8) is 0 Å². The number of nitrogens with one attached hydrogen (secondary N) is 1. The molecule has 0 aliphatic heterocycles. The van der Waals surface area contributed by atoms with E-state index in [0.29, 0.717) is 11.8 Å². The van der Waals surface area contributed by atoms with E-state index in [1.165, 1.54) is 11.1 Å². The second-order valence-electron chi connectivity index (χ2n) is 7.50. The van der Waals surface area contributed by atoms with E-state index in [2.05, 4.69) is 71.1 Å². The molecule has 1 aromatic carbocycles. The van der Waals surface area contributed by atoms with Crippen molar-refractivity contribution in [1.82, 2.24) is 5.32 Å². The molecule has 0 fully saturated rings. The van der Waals surface area contributed by atoms with Gasteiger partial charge in [0.05, 0.1) is 0 Å². The van der Waals surface area contributed by atoms with Crippen LogP contribution in [0, 0.1) is 12.8 Å². The van der Waals surface area contributed by atoms with Gasteiger partial charge in [0.2, 0.25) is 0 Å². The highest BCUT2D eigenvalue weighted by atomic mass is 16.5. The minimum atomic E-state index is 0.155. The molecule has 1 atom stereocenters. The molecule has 120 valence electrons. The summed E-state index contributed by atoms with van der Waals surface area (Å²) in [4.78, 5) is 0. The van der Waals surface area contributed by atoms with Crippen molar-refractivity contribution < 1.29 is 4.74 Å². The maximum Gasteiger partial charge on any atom is 0.0488 e. The fourth-order valence-corrected chi connectivity index (χ4v) is 2.20. The molecule has 0 aliphatic rings. The summed E-state index contributed by atoms with van der Waals surface area (Å²) >= 11 is 0. The minimum Gasteiger partial charge on any atom is -0.381 e. The average Bonchev–Trinajstić information content (AvgIpc) is 2.38. The number of ether oxygens (including phenoxy) is 1. The fraction of sp³-hybridized carbons (Fsp3) is 0.684. The Balaban J connectivity index is 2.59. The van der Waals surface area contributed by atoms with Crippen LogP contribution < -0.4 is 5.32 Å². The van der Waals surface area contributed by atoms with Crippen LogP contribution in [0.25, 0.3) is 0 Å². The molecule has 1 rings (SSSR count). The fourth-order valence-electron chi connectivity index (χ4n) is 2.20. The summed E-state index contributed by atoms with van der Waals surface area (Å²) in [6, 6.07) is 8.92. The second-order valence-corrected chi connectivity index (χ2v) is 7.50. The monoisotopic (exact) mass is 291 g/mol. The molecule has 2 heteroatoms. The molecule has 0 saturated carbocycles. The van der Waals surface area contributed by atoms with Crippen LogP contribution in [-0.2, 0) is 4.74 Å². The van der Waals surface area contributed by atoms with Crippen molar-refractivity contribution in [3.8, 4) is 0 Å². The molecule has 0 aromatic heterocycles. The standard InChI is InChI=1S/C19H33NO/c1-15(2)14-21-12-11-18(13-20-19(4,5)6)17-9-7-16(3)8-10-17/h7-10,15,18,20H,11-14H2,1-6H3. The zero-order valence-electron chi connectivity index (χ0n) is 14.7. The van der Waals surface area contributed by atoms with Gasteiger partial charge in [-0.1, -0.05) is 43.7 Å². The topological polar surface area (TPSA) is 21.3 Å². The predicted molar refractivity (Wildman–Crippen MR) is 91.9 cm³/mol. The van der Waals surface area contributed by atoms with Gasteiger partial charge in [-0.15, -0.1) is 0 Å². The second kappa shape index (κ2) is 8.55. The van der Waals surface area contributed by atoms with Crippen molar-refractivity contribution in [3.05, 3.63) is 35.4 Å². The first-order valence-electron chi connectivity index (χ1n) is 8.17. The highest BCUT2D eigenvalue weighted by Gasteiger charge is 2.16. The third kappa shape index (κ3) is 8.23. The van der Waals surface area contributed by atoms with E-state index >= 15 is 0 Å². The van der Waals surface area contributed by atoms with E-state index in [1.807, 2.05) is 0 Å². The smallest absolute Gasteiger partial charge is 0.0488 e. The lowest BCUT2D eigenvalue weighted by Crippen LogP contribution is -2.38. The first kappa shape index (κ1) is 18.2. The number of hydrogen-bond acceptors (Lipinski definition) is 2. The predicted octanol–water partition coefficient (Wildman–Crippen LogP) is 4.53. The van der Waals surface area contributed by atoms with Crippen LogP contribution >= 0.6 is 0 Å². The normalized spacial score (nSPS) is 13.7. The van der Waals surface area contributed by atoms with Gasteiger partial charge in [-0.3, -0.25) is 0 Å². The van der Waals surface area contributed by atoms with Crippen LogP contribution in [0.15, 0.2) is 24.3 Å². The summed E-state index contributed by atoms with van der Waals surface area (Å²) in [6.07, 6.45) is 1.07. The van der Waals surface area contributed by atoms with Crippen molar-refractivity contribution in [2.75, 3.05) is 19.8 Å². The maximum atomic E-state index is 5.77. The van der Waals surface area contributed by atoms with Gasteiger partial charge in [0.1, 0.15) is 0 Å². The van der Waals surface area contributed by atoms with E-state index in [-0.39, 0.29) is 5.54 Å². The SMILES string of the molecule is Cc1ccc(C(CCOCC(C)C)CNC(C)(C)C)cc1. The average molecular weight is 291 g/mol. The van der Waals surface area contributed by atoms with Gasteiger partial charge < -0.3 is 10.1 Å². The molecule has 1 unspecified atom stereocenters. The lowest BCUT2D eigenvalue weighted by molar-refractivity contribution is 0.103. The molecule has 1 N–H and O–H groups in total. The highest BCUT2D eigenvalue weighted by molar-refractivity contribution is 5.24. The molecule has 0 heterocycles. The van der Waals surface area contributed by atoms with E-state index < -0.39 is 0 Å². The molecule has 2 nitrogen and oxygen atoms in total. The van der Waals surface area contributed by atoms with E-state index in [4.69, 9.17) is 4.74 Å². The van der Waals surface area contributed by atoms with Gasteiger partial charge in [0, 0.05) is 25.3 Å². The lowest BCUT2D eigenvalue weighted by atomic mass is 9.94. The van der Waals surface area contributed by atoms with Crippen LogP contribution in [0.4, 0.5) is 0 Å². The summed E-state index contributed by atoms with van der Waals surface area (Å²) in [5.41, 5.74) is 2.88. The first-order chi connectivity index (χ1) is 9.78. The van der Waals surface area contributed by atoms with Gasteiger partial charge in [-0.25, -0.2) is 0 Å². The van der Waals surface area contributed by atoms with Crippen LogP contribution in [0.5, 0.6) is 0 Å². The molecule has 0 bridgehead atoms. The zero-order valence-corrected chi connectivity index (χ0v) is 14.7. The van der Waals surface area contributed by atoms with E-state index in [1.54, 1.807) is 0 Å². The van der Waals surface area contributed by atoms with Crippen molar-refractivity contribution in [2.45, 2.75) is 59.4 Å². The van der Waals surface area contributed by atoms with E-state index in [9.17, 15) is 0 Å². The lowest BCUT2D eigenvalue weighted by Gasteiger charge is -2.26. The summed E-state index contributed by atoms with van der Waals surface area (Å²) in [5, 5.41) is 3.63. The van der Waals surface area contributed by atoms with Crippen LogP contribution in [-0.4, -0.2) is 25.3 Å². The van der Waals surface area contributed by atoms with Crippen molar-refractivity contribution >= 4 is 0 Å². The number of rotatable bonds is 8. The molecule has 21 heavy (non-hydrogen) atoms. The Kier molecular flexibility index (Phi) is 7.41. The third-order valence-corrected chi connectivity index (χ3v) is 3.49. The van der Waals surface area contributed by atoms with Crippen LogP contribution in [0.3, 0.4) is 0 Å². The Morgan fingerprint density at radius 3 is 2.24 bits per heavy atom. The molecule has 0 amide bonds. The molecule has 0 radical (unpaired) electrons. The molecule has 0 aliphatic carbocycles. The molecular formula is C19H33NO. The molecular weight excluding hydrogens is 258 g/mol. The highest BCUT2D eigenvalue weighted by Crippen LogP contribution is 2.21. The Labute approximate surface area is 131 Å².